The molecule has 102 valence electrons. The molecule has 1 rings (SSSR count). The number of rotatable bonds is 6. The Morgan fingerprint density at radius 1 is 1.42 bits per heavy atom. The zero-order chi connectivity index (χ0) is 14.4. The van der Waals surface area contributed by atoms with Crippen LogP contribution >= 0.6 is 0 Å². The van der Waals surface area contributed by atoms with Gasteiger partial charge in [0.15, 0.2) is 5.78 Å². The Morgan fingerprint density at radius 3 is 2.68 bits per heavy atom. The first-order chi connectivity index (χ1) is 8.93. The van der Waals surface area contributed by atoms with Crippen LogP contribution in [0.5, 0.6) is 0 Å². The lowest BCUT2D eigenvalue weighted by atomic mass is 10.3. The maximum absolute atomic E-state index is 11.5. The third-order valence-electron chi connectivity index (χ3n) is 2.17. The van der Waals surface area contributed by atoms with Crippen molar-refractivity contribution in [2.45, 2.75) is 19.9 Å². The summed E-state index contributed by atoms with van der Waals surface area (Å²) < 4.78 is 5.48. The Labute approximate surface area is 107 Å². The van der Waals surface area contributed by atoms with Crippen LogP contribution in [0, 0.1) is 10.1 Å². The van der Waals surface area contributed by atoms with E-state index in [9.17, 15) is 24.5 Å². The highest BCUT2D eigenvalue weighted by molar-refractivity contribution is 5.95. The van der Waals surface area contributed by atoms with Crippen LogP contribution in [0.25, 0.3) is 0 Å². The maximum atomic E-state index is 11.5. The van der Waals surface area contributed by atoms with Crippen molar-refractivity contribution in [1.29, 1.82) is 0 Å². The SMILES string of the molecule is CCOC(=O)CC(=O)Cn1cc([N+](=O)[O-])ccc1=O. The third kappa shape index (κ3) is 4.34. The van der Waals surface area contributed by atoms with Gasteiger partial charge in [-0.25, -0.2) is 0 Å². The van der Waals surface area contributed by atoms with Gasteiger partial charge < -0.3 is 9.30 Å². The predicted octanol–water partition coefficient (Wildman–Crippen LogP) is 0.279. The van der Waals surface area contributed by atoms with Crippen molar-refractivity contribution < 1.29 is 19.2 Å². The molecule has 0 aliphatic carbocycles. The summed E-state index contributed by atoms with van der Waals surface area (Å²) in [6, 6.07) is 2.05. The van der Waals surface area contributed by atoms with Crippen LogP contribution in [0.15, 0.2) is 23.1 Å². The van der Waals surface area contributed by atoms with E-state index in [1.807, 2.05) is 0 Å². The average molecular weight is 268 g/mol. The van der Waals surface area contributed by atoms with Crippen molar-refractivity contribution in [1.82, 2.24) is 4.57 Å². The molecule has 0 aromatic carbocycles. The van der Waals surface area contributed by atoms with E-state index >= 15 is 0 Å². The van der Waals surface area contributed by atoms with Crippen molar-refractivity contribution in [3.63, 3.8) is 0 Å². The number of aromatic nitrogens is 1. The molecule has 8 heteroatoms. The molecular formula is C11H12N2O6. The van der Waals surface area contributed by atoms with Crippen LogP contribution in [0.4, 0.5) is 5.69 Å². The fraction of sp³-hybridized carbons (Fsp3) is 0.364. The largest absolute Gasteiger partial charge is 0.466 e. The maximum Gasteiger partial charge on any atom is 0.313 e. The minimum absolute atomic E-state index is 0.156. The quantitative estimate of drug-likeness (QED) is 0.317. The van der Waals surface area contributed by atoms with Gasteiger partial charge in [-0.3, -0.25) is 24.5 Å². The van der Waals surface area contributed by atoms with Crippen LogP contribution in [0.2, 0.25) is 0 Å². The molecule has 0 fully saturated rings. The summed E-state index contributed by atoms with van der Waals surface area (Å²) in [4.78, 5) is 43.8. The molecule has 0 aliphatic heterocycles. The summed E-state index contributed by atoms with van der Waals surface area (Å²) in [5.41, 5.74) is -0.855. The summed E-state index contributed by atoms with van der Waals surface area (Å²) in [6.07, 6.45) is 0.494. The van der Waals surface area contributed by atoms with Crippen molar-refractivity contribution in [3.05, 3.63) is 38.8 Å². The normalized spacial score (nSPS) is 9.95. The molecule has 8 nitrogen and oxygen atoms in total. The second kappa shape index (κ2) is 6.43. The van der Waals surface area contributed by atoms with Crippen LogP contribution in [-0.4, -0.2) is 27.8 Å². The van der Waals surface area contributed by atoms with Crippen molar-refractivity contribution in [3.8, 4) is 0 Å². The van der Waals surface area contributed by atoms with Gasteiger partial charge in [0.25, 0.3) is 11.2 Å². The molecule has 0 bridgehead atoms. The molecule has 1 aromatic rings. The van der Waals surface area contributed by atoms with E-state index in [1.54, 1.807) is 6.92 Å². The minimum atomic E-state index is -0.689. The molecule has 0 spiro atoms. The highest BCUT2D eigenvalue weighted by Crippen LogP contribution is 2.06. The number of nitrogens with zero attached hydrogens (tertiary/aromatic N) is 2. The number of pyridine rings is 1. The van der Waals surface area contributed by atoms with Crippen LogP contribution in [0.1, 0.15) is 13.3 Å². The van der Waals surface area contributed by atoms with Gasteiger partial charge in [-0.15, -0.1) is 0 Å². The van der Waals surface area contributed by atoms with E-state index in [0.717, 1.165) is 22.9 Å². The summed E-state index contributed by atoms with van der Waals surface area (Å²) in [5.74, 6) is -1.24. The monoisotopic (exact) mass is 268 g/mol. The molecule has 0 unspecified atom stereocenters. The Morgan fingerprint density at radius 2 is 2.11 bits per heavy atom. The molecular weight excluding hydrogens is 256 g/mol. The van der Waals surface area contributed by atoms with Gasteiger partial charge in [-0.2, -0.15) is 0 Å². The Kier molecular flexibility index (Phi) is 4.92. The fourth-order valence-electron chi connectivity index (χ4n) is 1.37. The standard InChI is InChI=1S/C11H12N2O6/c1-2-19-11(16)5-9(14)7-12-6-8(13(17)18)3-4-10(12)15/h3-4,6H,2,5,7H2,1H3. The first kappa shape index (κ1) is 14.6. The van der Waals surface area contributed by atoms with E-state index in [2.05, 4.69) is 4.74 Å². The third-order valence-corrected chi connectivity index (χ3v) is 2.17. The minimum Gasteiger partial charge on any atom is -0.466 e. The zero-order valence-electron chi connectivity index (χ0n) is 10.2. The van der Waals surface area contributed by atoms with Gasteiger partial charge in [0.1, 0.15) is 6.42 Å². The van der Waals surface area contributed by atoms with Crippen molar-refractivity contribution in [2.24, 2.45) is 0 Å². The van der Waals surface area contributed by atoms with Crippen molar-refractivity contribution in [2.75, 3.05) is 6.61 Å². The van der Waals surface area contributed by atoms with E-state index in [-0.39, 0.29) is 12.3 Å². The number of ketones is 1. The smallest absolute Gasteiger partial charge is 0.313 e. The second-order valence-corrected chi connectivity index (χ2v) is 3.63. The number of carbonyl (C=O) groups excluding carboxylic acids is 2. The highest BCUT2D eigenvalue weighted by Gasteiger charge is 2.14. The van der Waals surface area contributed by atoms with Gasteiger partial charge in [-0.1, -0.05) is 0 Å². The van der Waals surface area contributed by atoms with Gasteiger partial charge in [0.05, 0.1) is 24.3 Å². The number of Topliss-reactive ketones (excluding diaryl/α,β-unsaturated/α-hetero) is 1. The number of esters is 1. The van der Waals surface area contributed by atoms with Gasteiger partial charge in [0, 0.05) is 12.1 Å². The number of nitro groups is 1. The molecule has 0 saturated carbocycles. The number of hydrogen-bond acceptors (Lipinski definition) is 6. The molecule has 0 atom stereocenters. The molecule has 0 amide bonds. The molecule has 1 aromatic heterocycles. The van der Waals surface area contributed by atoms with E-state index in [0.29, 0.717) is 0 Å². The Bertz CT molecular complexity index is 563. The highest BCUT2D eigenvalue weighted by atomic mass is 16.6. The Hall–Kier alpha value is -2.51. The average Bonchev–Trinajstić information content (AvgIpc) is 2.31. The van der Waals surface area contributed by atoms with Gasteiger partial charge in [0.2, 0.25) is 0 Å². The number of hydrogen-bond donors (Lipinski definition) is 0. The fourth-order valence-corrected chi connectivity index (χ4v) is 1.37. The van der Waals surface area contributed by atoms with E-state index in [1.165, 1.54) is 0 Å². The van der Waals surface area contributed by atoms with Gasteiger partial charge >= 0.3 is 5.97 Å². The zero-order valence-corrected chi connectivity index (χ0v) is 10.2. The van der Waals surface area contributed by atoms with E-state index < -0.39 is 35.2 Å². The Balaban J connectivity index is 2.79. The molecule has 0 radical (unpaired) electrons. The summed E-state index contributed by atoms with van der Waals surface area (Å²) in [7, 11) is 0. The van der Waals surface area contributed by atoms with Crippen molar-refractivity contribution >= 4 is 17.4 Å². The lowest BCUT2D eigenvalue weighted by Crippen LogP contribution is -2.25. The van der Waals surface area contributed by atoms with Crippen LogP contribution < -0.4 is 5.56 Å². The van der Waals surface area contributed by atoms with Crippen LogP contribution in [0.3, 0.4) is 0 Å². The topological polar surface area (TPSA) is 109 Å². The molecule has 0 N–H and O–H groups in total. The summed E-state index contributed by atoms with van der Waals surface area (Å²) >= 11 is 0. The first-order valence-electron chi connectivity index (χ1n) is 5.46. The molecule has 19 heavy (non-hydrogen) atoms. The molecule has 0 aliphatic rings. The summed E-state index contributed by atoms with van der Waals surface area (Å²) in [5, 5.41) is 10.5. The number of carbonyl (C=O) groups is 2. The lowest BCUT2D eigenvalue weighted by molar-refractivity contribution is -0.385. The van der Waals surface area contributed by atoms with Crippen LogP contribution in [-0.2, 0) is 20.9 Å². The summed E-state index contributed by atoms with van der Waals surface area (Å²) in [6.45, 7) is 1.36. The second-order valence-electron chi connectivity index (χ2n) is 3.63. The number of ether oxygens (including phenoxy) is 1. The predicted molar refractivity (Wildman–Crippen MR) is 63.6 cm³/mol. The lowest BCUT2D eigenvalue weighted by Gasteiger charge is -2.04. The van der Waals surface area contributed by atoms with Gasteiger partial charge in [-0.05, 0) is 6.92 Å². The first-order valence-corrected chi connectivity index (χ1v) is 5.46. The molecule has 1 heterocycles. The van der Waals surface area contributed by atoms with E-state index in [4.69, 9.17) is 0 Å². The molecule has 0 saturated heterocycles.